The fourth-order valence-corrected chi connectivity index (χ4v) is 2.46. The summed E-state index contributed by atoms with van der Waals surface area (Å²) in [5.41, 5.74) is 2.59. The minimum atomic E-state index is -0.209. The van der Waals surface area contributed by atoms with Gasteiger partial charge in [-0.3, -0.25) is 4.79 Å². The Morgan fingerprint density at radius 1 is 1.29 bits per heavy atom. The minimum absolute atomic E-state index is 0.209. The lowest BCUT2D eigenvalue weighted by molar-refractivity contribution is -0.141. The van der Waals surface area contributed by atoms with E-state index in [2.05, 4.69) is 4.98 Å². The van der Waals surface area contributed by atoms with Gasteiger partial charge in [-0.15, -0.1) is 0 Å². The summed E-state index contributed by atoms with van der Waals surface area (Å²) in [6.45, 7) is 4.40. The van der Waals surface area contributed by atoms with Crippen LogP contribution in [0.5, 0.6) is 0 Å². The fraction of sp³-hybridized carbons (Fsp3) is 0.438. The molecule has 1 aliphatic rings. The zero-order valence-corrected chi connectivity index (χ0v) is 12.4. The number of nitrogens with zero attached hydrogens (tertiary/aromatic N) is 3. The van der Waals surface area contributed by atoms with Crippen LogP contribution < -0.4 is 4.90 Å². The van der Waals surface area contributed by atoms with Crippen LogP contribution in [0, 0.1) is 6.92 Å². The Labute approximate surface area is 124 Å². The topological polar surface area (TPSA) is 55.3 Å². The van der Waals surface area contributed by atoms with E-state index in [9.17, 15) is 4.79 Å². The summed E-state index contributed by atoms with van der Waals surface area (Å²) < 4.78 is 5.07. The average Bonchev–Trinajstić information content (AvgIpc) is 3.29. The van der Waals surface area contributed by atoms with Gasteiger partial charge >= 0.3 is 5.97 Å². The van der Waals surface area contributed by atoms with Gasteiger partial charge in [0.05, 0.1) is 23.3 Å². The molecule has 5 heteroatoms. The van der Waals surface area contributed by atoms with Gasteiger partial charge in [0.2, 0.25) is 0 Å². The summed E-state index contributed by atoms with van der Waals surface area (Å²) in [5, 5.41) is 0. The molecule has 0 radical (unpaired) electrons. The first-order valence-electron chi connectivity index (χ1n) is 7.34. The number of anilines is 1. The molecule has 1 heterocycles. The van der Waals surface area contributed by atoms with E-state index in [4.69, 9.17) is 9.72 Å². The minimum Gasteiger partial charge on any atom is -0.465 e. The van der Waals surface area contributed by atoms with E-state index < -0.39 is 0 Å². The lowest BCUT2D eigenvalue weighted by Gasteiger charge is -2.23. The smallest absolute Gasteiger partial charge is 0.325 e. The van der Waals surface area contributed by atoms with Crippen LogP contribution in [0.15, 0.2) is 24.3 Å². The van der Waals surface area contributed by atoms with Crippen molar-refractivity contribution < 1.29 is 9.53 Å². The molecule has 0 aliphatic heterocycles. The van der Waals surface area contributed by atoms with Crippen molar-refractivity contribution in [2.75, 3.05) is 18.1 Å². The third-order valence-corrected chi connectivity index (χ3v) is 3.58. The quantitative estimate of drug-likeness (QED) is 0.790. The highest BCUT2D eigenvalue weighted by Gasteiger charge is 2.33. The van der Waals surface area contributed by atoms with Gasteiger partial charge in [0, 0.05) is 6.04 Å². The maximum absolute atomic E-state index is 11.8. The monoisotopic (exact) mass is 285 g/mol. The van der Waals surface area contributed by atoms with Crippen LogP contribution >= 0.6 is 0 Å². The molecule has 1 aliphatic carbocycles. The summed E-state index contributed by atoms with van der Waals surface area (Å²) in [4.78, 5) is 23.2. The molecular weight excluding hydrogens is 266 g/mol. The van der Waals surface area contributed by atoms with E-state index in [1.54, 1.807) is 0 Å². The number of ether oxygens (including phenoxy) is 1. The van der Waals surface area contributed by atoms with Crippen molar-refractivity contribution in [3.05, 3.63) is 30.0 Å². The maximum atomic E-state index is 11.8. The molecule has 1 aromatic carbocycles. The van der Waals surface area contributed by atoms with Crippen LogP contribution in [0.2, 0.25) is 0 Å². The number of hydrogen-bond acceptors (Lipinski definition) is 5. The first kappa shape index (κ1) is 13.8. The van der Waals surface area contributed by atoms with Gasteiger partial charge < -0.3 is 9.64 Å². The molecule has 3 rings (SSSR count). The van der Waals surface area contributed by atoms with Crippen molar-refractivity contribution >= 4 is 22.8 Å². The van der Waals surface area contributed by atoms with Crippen molar-refractivity contribution in [1.82, 2.24) is 9.97 Å². The first-order chi connectivity index (χ1) is 10.2. The summed E-state index contributed by atoms with van der Waals surface area (Å²) in [6, 6.07) is 8.17. The maximum Gasteiger partial charge on any atom is 0.325 e. The molecule has 0 saturated heterocycles. The Bertz CT molecular complexity index is 668. The van der Waals surface area contributed by atoms with Crippen LogP contribution in [-0.4, -0.2) is 35.1 Å². The molecule has 5 nitrogen and oxygen atoms in total. The summed E-state index contributed by atoms with van der Waals surface area (Å²) >= 11 is 0. The molecule has 110 valence electrons. The Kier molecular flexibility index (Phi) is 3.73. The summed E-state index contributed by atoms with van der Waals surface area (Å²) in [7, 11) is 0. The second-order valence-corrected chi connectivity index (χ2v) is 5.29. The lowest BCUT2D eigenvalue weighted by Crippen LogP contribution is -2.34. The van der Waals surface area contributed by atoms with Gasteiger partial charge in [0.15, 0.2) is 5.82 Å². The third-order valence-electron chi connectivity index (χ3n) is 3.58. The molecule has 1 aromatic heterocycles. The van der Waals surface area contributed by atoms with Crippen LogP contribution in [0.3, 0.4) is 0 Å². The standard InChI is InChI=1S/C16H19N3O2/c1-3-21-15(20)10-19(12-8-9-12)16-11(2)17-13-6-4-5-7-14(13)18-16/h4-7,12H,3,8-10H2,1-2H3. The number of fused-ring (bicyclic) bond motifs is 1. The second-order valence-electron chi connectivity index (χ2n) is 5.29. The molecule has 0 N–H and O–H groups in total. The van der Waals surface area contributed by atoms with E-state index in [0.29, 0.717) is 12.6 Å². The first-order valence-corrected chi connectivity index (χ1v) is 7.34. The van der Waals surface area contributed by atoms with Crippen LogP contribution in [0.25, 0.3) is 11.0 Å². The predicted molar refractivity (Wildman–Crippen MR) is 81.3 cm³/mol. The summed E-state index contributed by atoms with van der Waals surface area (Å²) in [6.07, 6.45) is 2.18. The number of hydrogen-bond donors (Lipinski definition) is 0. The number of para-hydroxylation sites is 2. The Morgan fingerprint density at radius 2 is 1.95 bits per heavy atom. The zero-order chi connectivity index (χ0) is 14.8. The number of carbonyl (C=O) groups excluding carboxylic acids is 1. The van der Waals surface area contributed by atoms with Crippen LogP contribution in [0.1, 0.15) is 25.5 Å². The highest BCUT2D eigenvalue weighted by atomic mass is 16.5. The molecule has 2 aromatic rings. The fourth-order valence-electron chi connectivity index (χ4n) is 2.46. The number of rotatable bonds is 5. The van der Waals surface area contributed by atoms with Gasteiger partial charge in [0.25, 0.3) is 0 Å². The van der Waals surface area contributed by atoms with Crippen molar-refractivity contribution in [3.8, 4) is 0 Å². The van der Waals surface area contributed by atoms with Gasteiger partial charge in [-0.2, -0.15) is 0 Å². The highest BCUT2D eigenvalue weighted by molar-refractivity contribution is 5.79. The van der Waals surface area contributed by atoms with Crippen molar-refractivity contribution in [3.63, 3.8) is 0 Å². The number of esters is 1. The average molecular weight is 285 g/mol. The number of aromatic nitrogens is 2. The van der Waals surface area contributed by atoms with Gasteiger partial charge in [-0.05, 0) is 38.8 Å². The number of carbonyl (C=O) groups is 1. The number of aryl methyl sites for hydroxylation is 1. The zero-order valence-electron chi connectivity index (χ0n) is 12.4. The molecular formula is C16H19N3O2. The van der Waals surface area contributed by atoms with E-state index in [-0.39, 0.29) is 12.5 Å². The lowest BCUT2D eigenvalue weighted by atomic mass is 10.2. The Balaban J connectivity index is 1.95. The van der Waals surface area contributed by atoms with Crippen molar-refractivity contribution in [2.24, 2.45) is 0 Å². The largest absolute Gasteiger partial charge is 0.465 e. The molecule has 21 heavy (non-hydrogen) atoms. The molecule has 0 spiro atoms. The van der Waals surface area contributed by atoms with Crippen LogP contribution in [0.4, 0.5) is 5.82 Å². The van der Waals surface area contributed by atoms with E-state index >= 15 is 0 Å². The Hall–Kier alpha value is -2.17. The third kappa shape index (κ3) is 2.96. The molecule has 0 unspecified atom stereocenters. The molecule has 0 atom stereocenters. The predicted octanol–water partition coefficient (Wildman–Crippen LogP) is 2.47. The molecule has 0 amide bonds. The highest BCUT2D eigenvalue weighted by Crippen LogP contribution is 2.32. The van der Waals surface area contributed by atoms with Gasteiger partial charge in [-0.25, -0.2) is 9.97 Å². The van der Waals surface area contributed by atoms with E-state index in [0.717, 1.165) is 35.4 Å². The van der Waals surface area contributed by atoms with Crippen LogP contribution in [-0.2, 0) is 9.53 Å². The normalized spacial score (nSPS) is 14.2. The van der Waals surface area contributed by atoms with Crippen molar-refractivity contribution in [1.29, 1.82) is 0 Å². The molecule has 0 bridgehead atoms. The van der Waals surface area contributed by atoms with E-state index in [1.807, 2.05) is 43.0 Å². The molecule has 1 saturated carbocycles. The Morgan fingerprint density at radius 3 is 2.57 bits per heavy atom. The van der Waals surface area contributed by atoms with Gasteiger partial charge in [0.1, 0.15) is 6.54 Å². The van der Waals surface area contributed by atoms with Gasteiger partial charge in [-0.1, -0.05) is 12.1 Å². The second kappa shape index (κ2) is 5.68. The van der Waals surface area contributed by atoms with E-state index in [1.165, 1.54) is 0 Å². The molecule has 1 fully saturated rings. The summed E-state index contributed by atoms with van der Waals surface area (Å²) in [5.74, 6) is 0.586. The SMILES string of the molecule is CCOC(=O)CN(c1nc2ccccc2nc1C)C1CC1. The number of benzene rings is 1. The van der Waals surface area contributed by atoms with Crippen molar-refractivity contribution in [2.45, 2.75) is 32.7 Å².